The van der Waals surface area contributed by atoms with E-state index in [0.717, 1.165) is 22.1 Å². The lowest BCUT2D eigenvalue weighted by molar-refractivity contribution is -0.140. The molecule has 31 heavy (non-hydrogen) atoms. The zero-order valence-electron chi connectivity index (χ0n) is 18.2. The number of benzene rings is 2. The second kappa shape index (κ2) is 10.3. The number of rotatable bonds is 10. The maximum absolute atomic E-state index is 12.3. The number of amides is 2. The highest BCUT2D eigenvalue weighted by molar-refractivity contribution is 5.91. The number of hydrogen-bond donors (Lipinski definition) is 2. The monoisotopic (exact) mass is 426 g/mol. The van der Waals surface area contributed by atoms with E-state index in [4.69, 9.17) is 4.74 Å². The summed E-state index contributed by atoms with van der Waals surface area (Å²) in [6.45, 7) is 0.427. The molecule has 1 atom stereocenters. The quantitative estimate of drug-likeness (QED) is 0.450. The third-order valence-corrected chi connectivity index (χ3v) is 5.90. The predicted molar refractivity (Wildman–Crippen MR) is 118 cm³/mol. The summed E-state index contributed by atoms with van der Waals surface area (Å²) in [5, 5.41) is 8.12. The zero-order chi connectivity index (χ0) is 22.3. The Labute approximate surface area is 182 Å². The number of carbonyl (C=O) groups is 3. The van der Waals surface area contributed by atoms with Gasteiger partial charge in [-0.2, -0.15) is 0 Å². The van der Waals surface area contributed by atoms with Gasteiger partial charge in [-0.1, -0.05) is 30.3 Å². The van der Waals surface area contributed by atoms with Crippen LogP contribution in [0, 0.1) is 0 Å². The van der Waals surface area contributed by atoms with E-state index in [1.165, 1.54) is 7.11 Å². The normalized spacial score (nSPS) is 17.9. The van der Waals surface area contributed by atoms with Crippen molar-refractivity contribution in [1.29, 1.82) is 0 Å². The molecule has 0 unspecified atom stereocenters. The predicted octanol–water partition coefficient (Wildman–Crippen LogP) is 2.89. The van der Waals surface area contributed by atoms with Crippen LogP contribution in [0.15, 0.2) is 36.4 Å². The van der Waals surface area contributed by atoms with E-state index in [9.17, 15) is 14.4 Å². The first-order valence-corrected chi connectivity index (χ1v) is 10.7. The van der Waals surface area contributed by atoms with E-state index in [0.29, 0.717) is 45.1 Å². The molecule has 2 aromatic rings. The summed E-state index contributed by atoms with van der Waals surface area (Å²) in [6.07, 6.45) is 3.50. The highest BCUT2D eigenvalue weighted by Crippen LogP contribution is 2.34. The SMILES string of the molecule is COC(=O)CCCNC(=O)CC[C@]1(Cc2ccc(OC)c3ccccc23)CCC(=O)N1. The summed E-state index contributed by atoms with van der Waals surface area (Å²) in [7, 11) is 3.01. The molecule has 2 amide bonds. The van der Waals surface area contributed by atoms with Crippen LogP contribution in [0.1, 0.15) is 44.1 Å². The average molecular weight is 427 g/mol. The third kappa shape index (κ3) is 5.75. The molecule has 2 aromatic carbocycles. The van der Waals surface area contributed by atoms with Crippen LogP contribution in [0.5, 0.6) is 5.75 Å². The number of methoxy groups -OCH3 is 2. The van der Waals surface area contributed by atoms with Crippen LogP contribution >= 0.6 is 0 Å². The van der Waals surface area contributed by atoms with Crippen LogP contribution in [0.2, 0.25) is 0 Å². The highest BCUT2D eigenvalue weighted by atomic mass is 16.5. The van der Waals surface area contributed by atoms with E-state index in [1.807, 2.05) is 30.3 Å². The molecule has 166 valence electrons. The van der Waals surface area contributed by atoms with Gasteiger partial charge in [-0.3, -0.25) is 14.4 Å². The van der Waals surface area contributed by atoms with Gasteiger partial charge in [0, 0.05) is 36.7 Å². The Balaban J connectivity index is 1.67. The van der Waals surface area contributed by atoms with Crippen molar-refractivity contribution in [2.45, 2.75) is 50.5 Å². The Morgan fingerprint density at radius 2 is 1.87 bits per heavy atom. The van der Waals surface area contributed by atoms with Gasteiger partial charge in [-0.05, 0) is 42.7 Å². The first-order valence-electron chi connectivity index (χ1n) is 10.7. The van der Waals surface area contributed by atoms with Crippen molar-refractivity contribution in [3.8, 4) is 5.75 Å². The second-order valence-electron chi connectivity index (χ2n) is 8.01. The van der Waals surface area contributed by atoms with Crippen LogP contribution in [0.3, 0.4) is 0 Å². The standard InChI is InChI=1S/C24H30N2O5/c1-30-20-10-9-17(18-6-3-4-7-19(18)20)16-24(14-12-22(28)26-24)13-11-21(27)25-15-5-8-23(29)31-2/h3-4,6-7,9-10H,5,8,11-16H2,1-2H3,(H,25,27)(H,26,28)/t24-/m1/s1. The summed E-state index contributed by atoms with van der Waals surface area (Å²) >= 11 is 0. The van der Waals surface area contributed by atoms with Gasteiger partial charge in [0.25, 0.3) is 0 Å². The summed E-state index contributed by atoms with van der Waals surface area (Å²) in [5.74, 6) is 0.477. The van der Waals surface area contributed by atoms with Crippen molar-refractivity contribution >= 4 is 28.6 Å². The molecular formula is C24H30N2O5. The minimum atomic E-state index is -0.447. The first kappa shape index (κ1) is 22.6. The molecule has 0 aromatic heterocycles. The van der Waals surface area contributed by atoms with Gasteiger partial charge in [0.2, 0.25) is 11.8 Å². The maximum atomic E-state index is 12.3. The molecule has 1 fully saturated rings. The van der Waals surface area contributed by atoms with Crippen molar-refractivity contribution in [1.82, 2.24) is 10.6 Å². The number of nitrogens with one attached hydrogen (secondary N) is 2. The minimum absolute atomic E-state index is 0.0244. The van der Waals surface area contributed by atoms with Crippen molar-refractivity contribution in [2.24, 2.45) is 0 Å². The van der Waals surface area contributed by atoms with Gasteiger partial charge >= 0.3 is 5.97 Å². The molecule has 1 heterocycles. The lowest BCUT2D eigenvalue weighted by Crippen LogP contribution is -2.44. The molecule has 2 N–H and O–H groups in total. The van der Waals surface area contributed by atoms with Gasteiger partial charge in [0.15, 0.2) is 0 Å². The molecule has 7 heteroatoms. The van der Waals surface area contributed by atoms with E-state index >= 15 is 0 Å². The third-order valence-electron chi connectivity index (χ3n) is 5.90. The average Bonchev–Trinajstić information content (AvgIpc) is 3.16. The summed E-state index contributed by atoms with van der Waals surface area (Å²) in [4.78, 5) is 35.6. The highest BCUT2D eigenvalue weighted by Gasteiger charge is 2.38. The molecule has 3 rings (SSSR count). The first-order chi connectivity index (χ1) is 15.0. The maximum Gasteiger partial charge on any atom is 0.305 e. The van der Waals surface area contributed by atoms with Gasteiger partial charge in [0.05, 0.1) is 14.2 Å². The number of carbonyl (C=O) groups excluding carboxylic acids is 3. The van der Waals surface area contributed by atoms with Crippen LogP contribution in [-0.4, -0.2) is 44.1 Å². The molecule has 1 aliphatic heterocycles. The Kier molecular flexibility index (Phi) is 7.50. The van der Waals surface area contributed by atoms with Crippen LogP contribution in [-0.2, 0) is 25.5 Å². The number of hydrogen-bond acceptors (Lipinski definition) is 5. The Morgan fingerprint density at radius 1 is 1.10 bits per heavy atom. The molecule has 0 aliphatic carbocycles. The number of ether oxygens (including phenoxy) is 2. The van der Waals surface area contributed by atoms with Crippen molar-refractivity contribution in [2.75, 3.05) is 20.8 Å². The van der Waals surface area contributed by atoms with E-state index < -0.39 is 5.54 Å². The fraction of sp³-hybridized carbons (Fsp3) is 0.458. The Bertz CT molecular complexity index is 958. The van der Waals surface area contributed by atoms with Crippen LogP contribution in [0.4, 0.5) is 0 Å². The Morgan fingerprint density at radius 3 is 2.55 bits per heavy atom. The van der Waals surface area contributed by atoms with Gasteiger partial charge in [-0.25, -0.2) is 0 Å². The van der Waals surface area contributed by atoms with E-state index in [1.54, 1.807) is 7.11 Å². The molecule has 0 spiro atoms. The Hall–Kier alpha value is -3.09. The molecular weight excluding hydrogens is 396 g/mol. The van der Waals surface area contributed by atoms with E-state index in [2.05, 4.69) is 21.4 Å². The topological polar surface area (TPSA) is 93.7 Å². The number of esters is 1. The minimum Gasteiger partial charge on any atom is -0.496 e. The zero-order valence-corrected chi connectivity index (χ0v) is 18.2. The lowest BCUT2D eigenvalue weighted by atomic mass is 9.83. The molecule has 0 bridgehead atoms. The van der Waals surface area contributed by atoms with Crippen molar-refractivity contribution in [3.05, 3.63) is 42.0 Å². The summed E-state index contributed by atoms with van der Waals surface area (Å²) in [5.41, 5.74) is 0.676. The van der Waals surface area contributed by atoms with Gasteiger partial charge < -0.3 is 20.1 Å². The van der Waals surface area contributed by atoms with Crippen LogP contribution in [0.25, 0.3) is 10.8 Å². The van der Waals surface area contributed by atoms with Crippen molar-refractivity contribution in [3.63, 3.8) is 0 Å². The molecule has 1 aliphatic rings. The fourth-order valence-electron chi connectivity index (χ4n) is 4.22. The molecule has 0 radical (unpaired) electrons. The van der Waals surface area contributed by atoms with Crippen molar-refractivity contribution < 1.29 is 23.9 Å². The second-order valence-corrected chi connectivity index (χ2v) is 8.01. The van der Waals surface area contributed by atoms with Crippen LogP contribution < -0.4 is 15.4 Å². The lowest BCUT2D eigenvalue weighted by Gasteiger charge is -2.30. The van der Waals surface area contributed by atoms with Gasteiger partial charge in [-0.15, -0.1) is 0 Å². The summed E-state index contributed by atoms with van der Waals surface area (Å²) in [6, 6.07) is 12.1. The van der Waals surface area contributed by atoms with E-state index in [-0.39, 0.29) is 24.2 Å². The molecule has 1 saturated heterocycles. The molecule has 0 saturated carbocycles. The van der Waals surface area contributed by atoms with Gasteiger partial charge in [0.1, 0.15) is 5.75 Å². The number of fused-ring (bicyclic) bond motifs is 1. The summed E-state index contributed by atoms with van der Waals surface area (Å²) < 4.78 is 10.1. The largest absolute Gasteiger partial charge is 0.496 e. The fourth-order valence-corrected chi connectivity index (χ4v) is 4.22. The molecule has 7 nitrogen and oxygen atoms in total. The smallest absolute Gasteiger partial charge is 0.305 e.